The third-order valence-electron chi connectivity index (χ3n) is 3.27. The number of phenols is 1. The number of phenolic OH excluding ortho intramolecular Hbond substituents is 1. The Balaban J connectivity index is 1.92. The first-order chi connectivity index (χ1) is 8.76. The standard InChI is InChI=1S/C14H16N2O2/c1-18-14-5-4-12(17)6-13(14)11-7-15-16(9-11)8-10-2-3-10/h4-7,9-10,17H,2-3,8H2,1H3. The number of ether oxygens (including phenoxy) is 1. The summed E-state index contributed by atoms with van der Waals surface area (Å²) in [5.41, 5.74) is 1.85. The molecule has 1 aromatic carbocycles. The predicted molar refractivity (Wildman–Crippen MR) is 68.6 cm³/mol. The summed E-state index contributed by atoms with van der Waals surface area (Å²) in [5, 5.41) is 13.9. The summed E-state index contributed by atoms with van der Waals surface area (Å²) in [7, 11) is 1.63. The number of aromatic hydroxyl groups is 1. The second-order valence-corrected chi connectivity index (χ2v) is 4.78. The van der Waals surface area contributed by atoms with Gasteiger partial charge in [-0.3, -0.25) is 4.68 Å². The van der Waals surface area contributed by atoms with Crippen LogP contribution in [-0.2, 0) is 6.54 Å². The molecule has 0 saturated heterocycles. The zero-order valence-electron chi connectivity index (χ0n) is 10.3. The Morgan fingerprint density at radius 2 is 2.28 bits per heavy atom. The molecule has 4 nitrogen and oxygen atoms in total. The van der Waals surface area contributed by atoms with Crippen molar-refractivity contribution in [2.75, 3.05) is 7.11 Å². The van der Waals surface area contributed by atoms with E-state index in [1.165, 1.54) is 12.8 Å². The molecule has 0 radical (unpaired) electrons. The van der Waals surface area contributed by atoms with Crippen molar-refractivity contribution in [1.82, 2.24) is 9.78 Å². The smallest absolute Gasteiger partial charge is 0.127 e. The summed E-state index contributed by atoms with van der Waals surface area (Å²) in [4.78, 5) is 0. The fourth-order valence-electron chi connectivity index (χ4n) is 2.09. The molecule has 1 aliphatic rings. The second kappa shape index (κ2) is 4.37. The number of benzene rings is 1. The van der Waals surface area contributed by atoms with Crippen molar-refractivity contribution >= 4 is 0 Å². The van der Waals surface area contributed by atoms with Gasteiger partial charge >= 0.3 is 0 Å². The zero-order valence-corrected chi connectivity index (χ0v) is 10.3. The van der Waals surface area contributed by atoms with Gasteiger partial charge in [-0.2, -0.15) is 5.10 Å². The van der Waals surface area contributed by atoms with Gasteiger partial charge in [-0.15, -0.1) is 0 Å². The van der Waals surface area contributed by atoms with Crippen molar-refractivity contribution < 1.29 is 9.84 Å². The van der Waals surface area contributed by atoms with Gasteiger partial charge in [0.15, 0.2) is 0 Å². The number of hydrogen-bond donors (Lipinski definition) is 1. The zero-order chi connectivity index (χ0) is 12.5. The van der Waals surface area contributed by atoms with Crippen molar-refractivity contribution in [2.45, 2.75) is 19.4 Å². The van der Waals surface area contributed by atoms with Gasteiger partial charge in [0.25, 0.3) is 0 Å². The maximum absolute atomic E-state index is 9.57. The quantitative estimate of drug-likeness (QED) is 0.899. The molecule has 1 aromatic heterocycles. The summed E-state index contributed by atoms with van der Waals surface area (Å²) < 4.78 is 7.28. The molecule has 0 spiro atoms. The highest BCUT2D eigenvalue weighted by Gasteiger charge is 2.22. The fraction of sp³-hybridized carbons (Fsp3) is 0.357. The molecule has 4 heteroatoms. The lowest BCUT2D eigenvalue weighted by atomic mass is 10.1. The summed E-state index contributed by atoms with van der Waals surface area (Å²) in [6, 6.07) is 5.09. The number of hydrogen-bond acceptors (Lipinski definition) is 3. The highest BCUT2D eigenvalue weighted by molar-refractivity contribution is 5.70. The van der Waals surface area contributed by atoms with E-state index in [0.29, 0.717) is 0 Å². The molecule has 94 valence electrons. The van der Waals surface area contributed by atoms with E-state index in [1.807, 2.05) is 17.1 Å². The van der Waals surface area contributed by atoms with Crippen LogP contribution in [0.25, 0.3) is 11.1 Å². The first-order valence-electron chi connectivity index (χ1n) is 6.16. The van der Waals surface area contributed by atoms with Crippen molar-refractivity contribution in [1.29, 1.82) is 0 Å². The van der Waals surface area contributed by atoms with Crippen LogP contribution in [0.15, 0.2) is 30.6 Å². The Kier molecular flexibility index (Phi) is 2.70. The third-order valence-corrected chi connectivity index (χ3v) is 3.27. The van der Waals surface area contributed by atoms with Crippen LogP contribution in [0.3, 0.4) is 0 Å². The molecule has 2 aromatic rings. The van der Waals surface area contributed by atoms with Gasteiger partial charge in [0.05, 0.1) is 13.3 Å². The van der Waals surface area contributed by atoms with Crippen LogP contribution in [-0.4, -0.2) is 22.0 Å². The highest BCUT2D eigenvalue weighted by atomic mass is 16.5. The molecule has 0 aliphatic heterocycles. The van der Waals surface area contributed by atoms with Crippen molar-refractivity contribution in [2.24, 2.45) is 5.92 Å². The van der Waals surface area contributed by atoms with E-state index in [2.05, 4.69) is 5.10 Å². The van der Waals surface area contributed by atoms with E-state index in [4.69, 9.17) is 4.74 Å². The third kappa shape index (κ3) is 2.18. The van der Waals surface area contributed by atoms with Crippen LogP contribution in [0.1, 0.15) is 12.8 Å². The molecule has 0 amide bonds. The molecular weight excluding hydrogens is 228 g/mol. The van der Waals surface area contributed by atoms with Crippen LogP contribution in [0.4, 0.5) is 0 Å². The predicted octanol–water partition coefficient (Wildman–Crippen LogP) is 2.67. The molecule has 0 atom stereocenters. The van der Waals surface area contributed by atoms with Gasteiger partial charge < -0.3 is 9.84 Å². The van der Waals surface area contributed by atoms with Crippen molar-refractivity contribution in [3.8, 4) is 22.6 Å². The van der Waals surface area contributed by atoms with E-state index in [1.54, 1.807) is 25.3 Å². The molecule has 18 heavy (non-hydrogen) atoms. The summed E-state index contributed by atoms with van der Waals surface area (Å²) >= 11 is 0. The van der Waals surface area contributed by atoms with E-state index >= 15 is 0 Å². The average Bonchev–Trinajstić information content (AvgIpc) is 3.05. The molecule has 1 fully saturated rings. The van der Waals surface area contributed by atoms with E-state index in [9.17, 15) is 5.11 Å². The Morgan fingerprint density at radius 1 is 1.44 bits per heavy atom. The van der Waals surface area contributed by atoms with Crippen molar-refractivity contribution in [3.63, 3.8) is 0 Å². The lowest BCUT2D eigenvalue weighted by molar-refractivity contribution is 0.414. The van der Waals surface area contributed by atoms with Gasteiger partial charge in [0, 0.05) is 23.9 Å². The monoisotopic (exact) mass is 244 g/mol. The summed E-state index contributed by atoms with van der Waals surface area (Å²) in [6.07, 6.45) is 6.45. The Morgan fingerprint density at radius 3 is 3.00 bits per heavy atom. The molecular formula is C14H16N2O2. The van der Waals surface area contributed by atoms with Crippen molar-refractivity contribution in [3.05, 3.63) is 30.6 Å². The Labute approximate surface area is 106 Å². The number of rotatable bonds is 4. The molecule has 0 unspecified atom stereocenters. The van der Waals surface area contributed by atoms with Crippen LogP contribution >= 0.6 is 0 Å². The summed E-state index contributed by atoms with van der Waals surface area (Å²) in [5.74, 6) is 1.78. The van der Waals surface area contributed by atoms with E-state index in [0.717, 1.165) is 29.3 Å². The van der Waals surface area contributed by atoms with Gasteiger partial charge in [0.2, 0.25) is 0 Å². The van der Waals surface area contributed by atoms with Gasteiger partial charge in [-0.05, 0) is 37.0 Å². The van der Waals surface area contributed by atoms with Gasteiger partial charge in [-0.25, -0.2) is 0 Å². The van der Waals surface area contributed by atoms with Crippen LogP contribution in [0.5, 0.6) is 11.5 Å². The molecule has 1 heterocycles. The average molecular weight is 244 g/mol. The normalized spacial score (nSPS) is 14.7. The van der Waals surface area contributed by atoms with Crippen LogP contribution < -0.4 is 4.74 Å². The molecule has 1 N–H and O–H groups in total. The minimum Gasteiger partial charge on any atom is -0.508 e. The minimum atomic E-state index is 0.237. The number of nitrogens with zero attached hydrogens (tertiary/aromatic N) is 2. The number of aromatic nitrogens is 2. The van der Waals surface area contributed by atoms with Gasteiger partial charge in [-0.1, -0.05) is 0 Å². The maximum Gasteiger partial charge on any atom is 0.127 e. The molecule has 1 saturated carbocycles. The largest absolute Gasteiger partial charge is 0.508 e. The molecule has 1 aliphatic carbocycles. The Hall–Kier alpha value is -1.97. The van der Waals surface area contributed by atoms with Gasteiger partial charge in [0.1, 0.15) is 11.5 Å². The number of methoxy groups -OCH3 is 1. The van der Waals surface area contributed by atoms with E-state index < -0.39 is 0 Å². The maximum atomic E-state index is 9.57. The Bertz CT molecular complexity index is 559. The van der Waals surface area contributed by atoms with E-state index in [-0.39, 0.29) is 5.75 Å². The fourth-order valence-corrected chi connectivity index (χ4v) is 2.09. The first-order valence-corrected chi connectivity index (χ1v) is 6.16. The molecule has 0 bridgehead atoms. The highest BCUT2D eigenvalue weighted by Crippen LogP contribution is 2.34. The topological polar surface area (TPSA) is 47.3 Å². The lowest BCUT2D eigenvalue weighted by Gasteiger charge is -2.06. The first kappa shape index (κ1) is 11.1. The lowest BCUT2D eigenvalue weighted by Crippen LogP contribution is -1.99. The summed E-state index contributed by atoms with van der Waals surface area (Å²) in [6.45, 7) is 0.987. The minimum absolute atomic E-state index is 0.237. The molecule has 3 rings (SSSR count). The van der Waals surface area contributed by atoms with Crippen LogP contribution in [0, 0.1) is 5.92 Å². The van der Waals surface area contributed by atoms with Crippen LogP contribution in [0.2, 0.25) is 0 Å². The second-order valence-electron chi connectivity index (χ2n) is 4.78. The SMILES string of the molecule is COc1ccc(O)cc1-c1cnn(CC2CC2)c1.